The van der Waals surface area contributed by atoms with E-state index < -0.39 is 5.60 Å². The highest BCUT2D eigenvalue weighted by molar-refractivity contribution is 5.69. The maximum absolute atomic E-state index is 12.4. The Morgan fingerprint density at radius 3 is 2.72 bits per heavy atom. The lowest BCUT2D eigenvalue weighted by atomic mass is 10.2. The summed E-state index contributed by atoms with van der Waals surface area (Å²) in [7, 11) is 2.04. The fourth-order valence-corrected chi connectivity index (χ4v) is 3.41. The minimum atomic E-state index is -0.493. The molecule has 0 saturated carbocycles. The number of rotatable bonds is 6. The van der Waals surface area contributed by atoms with Gasteiger partial charge in [-0.05, 0) is 39.2 Å². The van der Waals surface area contributed by atoms with E-state index in [0.717, 1.165) is 25.1 Å². The molecule has 1 fully saturated rings. The molecule has 1 amide bonds. The van der Waals surface area contributed by atoms with Crippen LogP contribution in [0.2, 0.25) is 0 Å². The third-order valence-electron chi connectivity index (χ3n) is 4.85. The summed E-state index contributed by atoms with van der Waals surface area (Å²) in [6, 6.07) is 12.3. The number of nitrogens with zero attached hydrogens (tertiary/aromatic N) is 3. The standard InChI is InChI=1S/C23H31N3O3/c1-23(2,3)29-22(27)26-12-8-11-19(26)17-28-21-13-20(14-24-15-21)25(4)16-18-9-6-5-7-10-18/h5-7,9-10,13-15,19H,8,11-12,16-17H2,1-4H3/t19-/m0/s1. The van der Waals surface area contributed by atoms with Crippen LogP contribution < -0.4 is 9.64 Å². The van der Waals surface area contributed by atoms with Gasteiger partial charge in [-0.15, -0.1) is 0 Å². The number of benzene rings is 1. The lowest BCUT2D eigenvalue weighted by Crippen LogP contribution is -2.42. The SMILES string of the molecule is CN(Cc1ccccc1)c1cncc(OC[C@@H]2CCCN2C(=O)OC(C)(C)C)c1. The maximum atomic E-state index is 12.4. The van der Waals surface area contributed by atoms with Crippen LogP contribution in [0.4, 0.5) is 10.5 Å². The molecule has 1 saturated heterocycles. The number of hydrogen-bond acceptors (Lipinski definition) is 5. The normalized spacial score (nSPS) is 16.6. The van der Waals surface area contributed by atoms with Gasteiger partial charge in [0.15, 0.2) is 0 Å². The van der Waals surface area contributed by atoms with Gasteiger partial charge in [-0.25, -0.2) is 4.79 Å². The van der Waals surface area contributed by atoms with Gasteiger partial charge in [-0.1, -0.05) is 30.3 Å². The van der Waals surface area contributed by atoms with Crippen LogP contribution in [0.15, 0.2) is 48.8 Å². The molecule has 2 aromatic rings. The van der Waals surface area contributed by atoms with Crippen molar-refractivity contribution < 1.29 is 14.3 Å². The lowest BCUT2D eigenvalue weighted by molar-refractivity contribution is 0.0187. The van der Waals surface area contributed by atoms with Gasteiger partial charge in [0.2, 0.25) is 0 Å². The molecule has 156 valence electrons. The number of amides is 1. The van der Waals surface area contributed by atoms with Crippen molar-refractivity contribution in [2.75, 3.05) is 25.1 Å². The minimum Gasteiger partial charge on any atom is -0.490 e. The first-order valence-electron chi connectivity index (χ1n) is 10.1. The Balaban J connectivity index is 1.58. The van der Waals surface area contributed by atoms with E-state index in [2.05, 4.69) is 22.0 Å². The average molecular weight is 398 g/mol. The summed E-state index contributed by atoms with van der Waals surface area (Å²) in [5, 5.41) is 0. The third-order valence-corrected chi connectivity index (χ3v) is 4.85. The molecule has 0 N–H and O–H groups in total. The number of aromatic nitrogens is 1. The maximum Gasteiger partial charge on any atom is 0.410 e. The van der Waals surface area contributed by atoms with Gasteiger partial charge in [0, 0.05) is 26.2 Å². The number of ether oxygens (including phenoxy) is 2. The first-order valence-corrected chi connectivity index (χ1v) is 10.1. The van der Waals surface area contributed by atoms with E-state index in [1.165, 1.54) is 5.56 Å². The molecule has 1 aliphatic rings. The molecule has 0 radical (unpaired) electrons. The summed E-state index contributed by atoms with van der Waals surface area (Å²) in [5.41, 5.74) is 1.73. The van der Waals surface area contributed by atoms with Crippen molar-refractivity contribution in [3.05, 3.63) is 54.4 Å². The Hall–Kier alpha value is -2.76. The van der Waals surface area contributed by atoms with E-state index in [-0.39, 0.29) is 12.1 Å². The zero-order valence-corrected chi connectivity index (χ0v) is 17.8. The van der Waals surface area contributed by atoms with E-state index >= 15 is 0 Å². The molecular formula is C23H31N3O3. The first-order chi connectivity index (χ1) is 13.8. The predicted molar refractivity (Wildman–Crippen MR) is 114 cm³/mol. The van der Waals surface area contributed by atoms with E-state index in [1.807, 2.05) is 58.3 Å². The van der Waals surface area contributed by atoms with Crippen LogP contribution >= 0.6 is 0 Å². The summed E-state index contributed by atoms with van der Waals surface area (Å²) in [5.74, 6) is 0.707. The van der Waals surface area contributed by atoms with Crippen LogP contribution in [0.3, 0.4) is 0 Å². The molecule has 0 bridgehead atoms. The first kappa shape index (κ1) is 21.0. The summed E-state index contributed by atoms with van der Waals surface area (Å²) in [4.78, 5) is 20.7. The number of anilines is 1. The summed E-state index contributed by atoms with van der Waals surface area (Å²) < 4.78 is 11.5. The van der Waals surface area contributed by atoms with Crippen LogP contribution in [-0.4, -0.2) is 47.8 Å². The Bertz CT molecular complexity index is 805. The molecule has 0 aliphatic carbocycles. The summed E-state index contributed by atoms with van der Waals surface area (Å²) >= 11 is 0. The van der Waals surface area contributed by atoms with Crippen molar-refractivity contribution >= 4 is 11.8 Å². The lowest BCUT2D eigenvalue weighted by Gasteiger charge is -2.28. The summed E-state index contributed by atoms with van der Waals surface area (Å²) in [6.07, 6.45) is 5.16. The van der Waals surface area contributed by atoms with Crippen molar-refractivity contribution in [1.82, 2.24) is 9.88 Å². The highest BCUT2D eigenvalue weighted by Gasteiger charge is 2.32. The topological polar surface area (TPSA) is 54.9 Å². The van der Waals surface area contributed by atoms with Gasteiger partial charge in [0.1, 0.15) is 18.0 Å². The highest BCUT2D eigenvalue weighted by atomic mass is 16.6. The van der Waals surface area contributed by atoms with E-state index in [4.69, 9.17) is 9.47 Å². The smallest absolute Gasteiger partial charge is 0.410 e. The third kappa shape index (κ3) is 6.11. The van der Waals surface area contributed by atoms with Crippen molar-refractivity contribution in [2.24, 2.45) is 0 Å². The van der Waals surface area contributed by atoms with E-state index in [0.29, 0.717) is 18.9 Å². The van der Waals surface area contributed by atoms with Crippen LogP contribution in [0.5, 0.6) is 5.75 Å². The number of likely N-dealkylation sites (tertiary alicyclic amines) is 1. The Labute approximate surface area is 173 Å². The Morgan fingerprint density at radius 1 is 1.24 bits per heavy atom. The quantitative estimate of drug-likeness (QED) is 0.718. The second-order valence-electron chi connectivity index (χ2n) is 8.50. The largest absolute Gasteiger partial charge is 0.490 e. The fraction of sp³-hybridized carbons (Fsp3) is 0.478. The Kier molecular flexibility index (Phi) is 6.62. The molecule has 2 heterocycles. The molecule has 1 aliphatic heterocycles. The predicted octanol–water partition coefficient (Wildman–Crippen LogP) is 4.50. The van der Waals surface area contributed by atoms with Gasteiger partial charge in [0.05, 0.1) is 24.1 Å². The molecule has 1 aromatic heterocycles. The number of pyridine rings is 1. The summed E-state index contributed by atoms with van der Waals surface area (Å²) in [6.45, 7) is 7.59. The van der Waals surface area contributed by atoms with Crippen LogP contribution in [0.25, 0.3) is 0 Å². The number of carbonyl (C=O) groups excluding carboxylic acids is 1. The fourth-order valence-electron chi connectivity index (χ4n) is 3.41. The van der Waals surface area contributed by atoms with Crippen LogP contribution in [0.1, 0.15) is 39.2 Å². The molecule has 6 heteroatoms. The van der Waals surface area contributed by atoms with Gasteiger partial charge in [0.25, 0.3) is 0 Å². The van der Waals surface area contributed by atoms with Crippen LogP contribution in [0, 0.1) is 0 Å². The zero-order valence-electron chi connectivity index (χ0n) is 17.8. The molecule has 3 rings (SSSR count). The van der Waals surface area contributed by atoms with E-state index in [9.17, 15) is 4.79 Å². The molecule has 1 aromatic carbocycles. The molecule has 0 unspecified atom stereocenters. The molecule has 6 nitrogen and oxygen atoms in total. The van der Waals surface area contributed by atoms with Crippen molar-refractivity contribution in [1.29, 1.82) is 0 Å². The second-order valence-corrected chi connectivity index (χ2v) is 8.50. The average Bonchev–Trinajstić information content (AvgIpc) is 3.15. The number of carbonyl (C=O) groups is 1. The number of hydrogen-bond donors (Lipinski definition) is 0. The molecule has 1 atom stereocenters. The van der Waals surface area contributed by atoms with Crippen molar-refractivity contribution in [2.45, 2.75) is 51.8 Å². The molecule has 0 spiro atoms. The van der Waals surface area contributed by atoms with Gasteiger partial charge >= 0.3 is 6.09 Å². The second kappa shape index (κ2) is 9.16. The van der Waals surface area contributed by atoms with Gasteiger partial charge < -0.3 is 19.3 Å². The van der Waals surface area contributed by atoms with E-state index in [1.54, 1.807) is 11.1 Å². The van der Waals surface area contributed by atoms with Gasteiger partial charge in [-0.3, -0.25) is 4.98 Å². The molecular weight excluding hydrogens is 366 g/mol. The van der Waals surface area contributed by atoms with Crippen molar-refractivity contribution in [3.63, 3.8) is 0 Å². The Morgan fingerprint density at radius 2 is 2.00 bits per heavy atom. The van der Waals surface area contributed by atoms with Crippen molar-refractivity contribution in [3.8, 4) is 5.75 Å². The minimum absolute atomic E-state index is 0.0237. The van der Waals surface area contributed by atoms with Gasteiger partial charge in [-0.2, -0.15) is 0 Å². The monoisotopic (exact) mass is 397 g/mol. The highest BCUT2D eigenvalue weighted by Crippen LogP contribution is 2.24. The molecule has 29 heavy (non-hydrogen) atoms. The zero-order chi connectivity index (χ0) is 20.9. The van der Waals surface area contributed by atoms with Crippen LogP contribution in [-0.2, 0) is 11.3 Å².